The lowest BCUT2D eigenvalue weighted by atomic mass is 9.96. The molecule has 0 atom stereocenters. The van der Waals surface area contributed by atoms with Crippen molar-refractivity contribution in [3.63, 3.8) is 0 Å². The van der Waals surface area contributed by atoms with E-state index in [0.717, 1.165) is 30.8 Å². The van der Waals surface area contributed by atoms with Crippen LogP contribution in [0.5, 0.6) is 0 Å². The Balaban J connectivity index is 1.94. The van der Waals surface area contributed by atoms with Crippen LogP contribution in [0.2, 0.25) is 0 Å². The lowest BCUT2D eigenvalue weighted by Gasteiger charge is -2.31. The van der Waals surface area contributed by atoms with Crippen LogP contribution in [-0.4, -0.2) is 49.4 Å². The van der Waals surface area contributed by atoms with Gasteiger partial charge in [0.2, 0.25) is 0 Å². The topological polar surface area (TPSA) is 23.6 Å². The normalized spacial score (nSPS) is 17.1. The first kappa shape index (κ1) is 15.3. The monoisotopic (exact) mass is 294 g/mol. The van der Waals surface area contributed by atoms with Gasteiger partial charge in [0.05, 0.1) is 0 Å². The first-order valence-electron chi connectivity index (χ1n) is 7.19. The van der Waals surface area contributed by atoms with Gasteiger partial charge in [-0.25, -0.2) is 0 Å². The van der Waals surface area contributed by atoms with Crippen molar-refractivity contribution >= 4 is 17.5 Å². The fourth-order valence-electron chi connectivity index (χ4n) is 2.72. The number of carbonyl (C=O) groups excluding carboxylic acids is 1. The maximum atomic E-state index is 12.4. The van der Waals surface area contributed by atoms with E-state index in [4.69, 9.17) is 11.6 Å². The summed E-state index contributed by atoms with van der Waals surface area (Å²) in [7, 11) is 4.05. The van der Waals surface area contributed by atoms with Crippen LogP contribution in [0, 0.1) is 5.92 Å². The molecule has 0 N–H and O–H groups in total. The van der Waals surface area contributed by atoms with E-state index in [1.807, 2.05) is 36.2 Å². The molecule has 0 unspecified atom stereocenters. The highest BCUT2D eigenvalue weighted by Crippen LogP contribution is 2.18. The summed E-state index contributed by atoms with van der Waals surface area (Å²) in [5.74, 6) is 1.16. The molecule has 0 saturated carbocycles. The van der Waals surface area contributed by atoms with E-state index in [1.54, 1.807) is 0 Å². The van der Waals surface area contributed by atoms with E-state index in [2.05, 4.69) is 11.9 Å². The van der Waals surface area contributed by atoms with Gasteiger partial charge in [0.1, 0.15) is 0 Å². The maximum absolute atomic E-state index is 12.4. The Morgan fingerprint density at radius 1 is 1.40 bits per heavy atom. The molecule has 4 heteroatoms. The first-order chi connectivity index (χ1) is 9.60. The quantitative estimate of drug-likeness (QED) is 0.797. The Kier molecular flexibility index (Phi) is 5.44. The van der Waals surface area contributed by atoms with Crippen molar-refractivity contribution < 1.29 is 4.79 Å². The van der Waals surface area contributed by atoms with Crippen LogP contribution in [0.25, 0.3) is 0 Å². The third-order valence-corrected chi connectivity index (χ3v) is 4.35. The van der Waals surface area contributed by atoms with Gasteiger partial charge in [-0.2, -0.15) is 0 Å². The number of carbonyl (C=O) groups is 1. The molecule has 110 valence electrons. The fraction of sp³-hybridized carbons (Fsp3) is 0.562. The predicted molar refractivity (Wildman–Crippen MR) is 83.2 cm³/mol. The number of hydrogen-bond acceptors (Lipinski definition) is 2. The number of hydrogen-bond donors (Lipinski definition) is 0. The molecule has 3 nitrogen and oxygen atoms in total. The van der Waals surface area contributed by atoms with Crippen LogP contribution >= 0.6 is 11.6 Å². The van der Waals surface area contributed by atoms with Crippen molar-refractivity contribution in [3.05, 3.63) is 35.4 Å². The number of benzene rings is 1. The van der Waals surface area contributed by atoms with Crippen molar-refractivity contribution in [2.24, 2.45) is 5.92 Å². The van der Waals surface area contributed by atoms with Crippen LogP contribution in [0.1, 0.15) is 28.8 Å². The first-order valence-corrected chi connectivity index (χ1v) is 7.72. The number of halogens is 1. The van der Waals surface area contributed by atoms with E-state index in [0.29, 0.717) is 11.8 Å². The lowest BCUT2D eigenvalue weighted by molar-refractivity contribution is 0.0747. The summed E-state index contributed by atoms with van der Waals surface area (Å²) in [5, 5.41) is 0. The number of alkyl halides is 1. The van der Waals surface area contributed by atoms with Crippen molar-refractivity contribution in [1.82, 2.24) is 9.80 Å². The molecule has 1 amide bonds. The third-order valence-electron chi connectivity index (χ3n) is 4.05. The predicted octanol–water partition coefficient (Wildman–Crippen LogP) is 2.84. The number of piperidine rings is 1. The van der Waals surface area contributed by atoms with Crippen LogP contribution in [-0.2, 0) is 5.88 Å². The van der Waals surface area contributed by atoms with Crippen molar-refractivity contribution in [1.29, 1.82) is 0 Å². The van der Waals surface area contributed by atoms with Gasteiger partial charge in [-0.3, -0.25) is 4.79 Å². The minimum Gasteiger partial charge on any atom is -0.341 e. The highest BCUT2D eigenvalue weighted by molar-refractivity contribution is 6.17. The molecule has 1 aromatic rings. The molecule has 1 fully saturated rings. The second kappa shape index (κ2) is 7.09. The minimum atomic E-state index is 0.0934. The summed E-state index contributed by atoms with van der Waals surface area (Å²) in [6.07, 6.45) is 2.35. The average Bonchev–Trinajstić information content (AvgIpc) is 2.48. The zero-order valence-corrected chi connectivity index (χ0v) is 13.1. The van der Waals surface area contributed by atoms with E-state index >= 15 is 0 Å². The molecule has 1 aliphatic rings. The summed E-state index contributed by atoms with van der Waals surface area (Å²) in [6.45, 7) is 3.11. The highest BCUT2D eigenvalue weighted by atomic mass is 35.5. The Morgan fingerprint density at radius 2 is 2.10 bits per heavy atom. The Bertz CT molecular complexity index is 456. The highest BCUT2D eigenvalue weighted by Gasteiger charge is 2.21. The molecule has 0 aromatic heterocycles. The molecule has 20 heavy (non-hydrogen) atoms. The van der Waals surface area contributed by atoms with Gasteiger partial charge < -0.3 is 9.80 Å². The summed E-state index contributed by atoms with van der Waals surface area (Å²) in [5.41, 5.74) is 1.73. The zero-order chi connectivity index (χ0) is 14.5. The molecular weight excluding hydrogens is 272 g/mol. The number of rotatable bonds is 4. The molecule has 1 aromatic carbocycles. The molecule has 1 aliphatic heterocycles. The number of likely N-dealkylation sites (tertiary alicyclic amines) is 1. The fourth-order valence-corrected chi connectivity index (χ4v) is 2.89. The zero-order valence-electron chi connectivity index (χ0n) is 12.3. The lowest BCUT2D eigenvalue weighted by Crippen LogP contribution is -2.38. The van der Waals surface area contributed by atoms with E-state index in [-0.39, 0.29) is 5.91 Å². The maximum Gasteiger partial charge on any atom is 0.253 e. The molecule has 0 bridgehead atoms. The second-order valence-electron chi connectivity index (χ2n) is 5.77. The van der Waals surface area contributed by atoms with Gasteiger partial charge in [-0.05, 0) is 56.6 Å². The summed E-state index contributed by atoms with van der Waals surface area (Å²) in [6, 6.07) is 7.60. The Labute approximate surface area is 126 Å². The van der Waals surface area contributed by atoms with Gasteiger partial charge in [0.15, 0.2) is 0 Å². The van der Waals surface area contributed by atoms with Gasteiger partial charge >= 0.3 is 0 Å². The number of nitrogens with zero attached hydrogens (tertiary/aromatic N) is 2. The van der Waals surface area contributed by atoms with Crippen LogP contribution < -0.4 is 0 Å². The van der Waals surface area contributed by atoms with Crippen LogP contribution in [0.3, 0.4) is 0 Å². The van der Waals surface area contributed by atoms with E-state index in [9.17, 15) is 4.79 Å². The van der Waals surface area contributed by atoms with Crippen molar-refractivity contribution in [2.75, 3.05) is 33.7 Å². The van der Waals surface area contributed by atoms with Gasteiger partial charge in [-0.15, -0.1) is 11.6 Å². The molecule has 0 radical (unpaired) electrons. The molecule has 1 heterocycles. The third kappa shape index (κ3) is 3.97. The Hall–Kier alpha value is -1.06. The smallest absolute Gasteiger partial charge is 0.253 e. The molecule has 0 aliphatic carbocycles. The van der Waals surface area contributed by atoms with E-state index < -0.39 is 0 Å². The molecular formula is C16H23ClN2O. The van der Waals surface area contributed by atoms with Gasteiger partial charge in [0.25, 0.3) is 5.91 Å². The molecule has 2 rings (SSSR count). The van der Waals surface area contributed by atoms with Crippen molar-refractivity contribution in [2.45, 2.75) is 18.7 Å². The molecule has 1 saturated heterocycles. The largest absolute Gasteiger partial charge is 0.341 e. The SMILES string of the molecule is CN1CCC(CN(C)C(=O)c2cccc(CCl)c2)CC1. The van der Waals surface area contributed by atoms with Crippen LogP contribution in [0.15, 0.2) is 24.3 Å². The summed E-state index contributed by atoms with van der Waals surface area (Å²) >= 11 is 5.82. The molecule has 0 spiro atoms. The minimum absolute atomic E-state index is 0.0934. The summed E-state index contributed by atoms with van der Waals surface area (Å²) in [4.78, 5) is 16.6. The second-order valence-corrected chi connectivity index (χ2v) is 6.03. The number of amides is 1. The van der Waals surface area contributed by atoms with Gasteiger partial charge in [-0.1, -0.05) is 12.1 Å². The van der Waals surface area contributed by atoms with E-state index in [1.165, 1.54) is 12.8 Å². The van der Waals surface area contributed by atoms with Gasteiger partial charge in [0, 0.05) is 25.0 Å². The van der Waals surface area contributed by atoms with Crippen molar-refractivity contribution in [3.8, 4) is 0 Å². The van der Waals surface area contributed by atoms with Crippen LogP contribution in [0.4, 0.5) is 0 Å². The Morgan fingerprint density at radius 3 is 2.75 bits per heavy atom. The average molecular weight is 295 g/mol. The summed E-state index contributed by atoms with van der Waals surface area (Å²) < 4.78 is 0. The standard InChI is InChI=1S/C16H23ClN2O/c1-18-8-6-13(7-9-18)12-19(2)16(20)15-5-3-4-14(10-15)11-17/h3-5,10,13H,6-9,11-12H2,1-2H3.